The number of hydrogen-bond donors (Lipinski definition) is 1. The monoisotopic (exact) mass is 167 g/mol. The maximum Gasteiger partial charge on any atom is 0.105 e. The number of ether oxygens (including phenoxy) is 1. The van der Waals surface area contributed by atoms with Gasteiger partial charge in [0, 0.05) is 12.1 Å². The SMILES string of the molecule is Cc1occc1C1COCCN1. The van der Waals surface area contributed by atoms with E-state index >= 15 is 0 Å². The van der Waals surface area contributed by atoms with Crippen molar-refractivity contribution in [3.05, 3.63) is 23.7 Å². The maximum atomic E-state index is 5.36. The van der Waals surface area contributed by atoms with E-state index in [0.717, 1.165) is 25.5 Å². The molecule has 66 valence electrons. The largest absolute Gasteiger partial charge is 0.469 e. The van der Waals surface area contributed by atoms with Gasteiger partial charge in [-0.3, -0.25) is 0 Å². The Morgan fingerprint density at radius 1 is 1.58 bits per heavy atom. The second-order valence-electron chi connectivity index (χ2n) is 3.01. The van der Waals surface area contributed by atoms with Crippen LogP contribution in [0.25, 0.3) is 0 Å². The molecule has 0 spiro atoms. The second kappa shape index (κ2) is 3.29. The molecule has 0 aromatic carbocycles. The van der Waals surface area contributed by atoms with Crippen molar-refractivity contribution in [2.24, 2.45) is 0 Å². The molecular formula is C9H13NO2. The Morgan fingerprint density at radius 2 is 2.50 bits per heavy atom. The molecule has 0 radical (unpaired) electrons. The number of morpholine rings is 1. The first-order chi connectivity index (χ1) is 5.88. The predicted octanol–water partition coefficient (Wildman–Crippen LogP) is 1.25. The molecule has 0 aliphatic carbocycles. The molecule has 1 aromatic heterocycles. The summed E-state index contributed by atoms with van der Waals surface area (Å²) in [6.45, 7) is 4.47. The van der Waals surface area contributed by atoms with E-state index in [1.54, 1.807) is 6.26 Å². The molecule has 2 rings (SSSR count). The second-order valence-corrected chi connectivity index (χ2v) is 3.01. The summed E-state index contributed by atoms with van der Waals surface area (Å²) in [6, 6.07) is 2.32. The van der Waals surface area contributed by atoms with Gasteiger partial charge in [0.1, 0.15) is 5.76 Å². The molecule has 1 unspecified atom stereocenters. The molecule has 1 aromatic rings. The van der Waals surface area contributed by atoms with Gasteiger partial charge in [-0.1, -0.05) is 0 Å². The number of nitrogens with one attached hydrogen (secondary N) is 1. The van der Waals surface area contributed by atoms with E-state index in [1.807, 2.05) is 13.0 Å². The summed E-state index contributed by atoms with van der Waals surface area (Å²) < 4.78 is 10.6. The van der Waals surface area contributed by atoms with E-state index in [2.05, 4.69) is 5.32 Å². The quantitative estimate of drug-likeness (QED) is 0.683. The Hall–Kier alpha value is -0.800. The van der Waals surface area contributed by atoms with E-state index in [9.17, 15) is 0 Å². The number of hydrogen-bond acceptors (Lipinski definition) is 3. The smallest absolute Gasteiger partial charge is 0.105 e. The highest BCUT2D eigenvalue weighted by molar-refractivity contribution is 5.20. The van der Waals surface area contributed by atoms with Gasteiger partial charge in [-0.05, 0) is 13.0 Å². The van der Waals surface area contributed by atoms with E-state index in [4.69, 9.17) is 9.15 Å². The van der Waals surface area contributed by atoms with Crippen LogP contribution in [-0.2, 0) is 4.74 Å². The first-order valence-corrected chi connectivity index (χ1v) is 4.23. The summed E-state index contributed by atoms with van der Waals surface area (Å²) in [5.41, 5.74) is 1.22. The molecule has 1 aliphatic heterocycles. The Bertz CT molecular complexity index is 251. The Labute approximate surface area is 71.7 Å². The molecule has 12 heavy (non-hydrogen) atoms. The van der Waals surface area contributed by atoms with Crippen molar-refractivity contribution in [2.45, 2.75) is 13.0 Å². The minimum Gasteiger partial charge on any atom is -0.469 e. The van der Waals surface area contributed by atoms with Gasteiger partial charge in [0.2, 0.25) is 0 Å². The molecule has 1 atom stereocenters. The Morgan fingerprint density at radius 3 is 3.08 bits per heavy atom. The van der Waals surface area contributed by atoms with Crippen LogP contribution in [-0.4, -0.2) is 19.8 Å². The van der Waals surface area contributed by atoms with Gasteiger partial charge in [-0.15, -0.1) is 0 Å². The van der Waals surface area contributed by atoms with Crippen LogP contribution < -0.4 is 5.32 Å². The lowest BCUT2D eigenvalue weighted by molar-refractivity contribution is 0.0764. The highest BCUT2D eigenvalue weighted by Crippen LogP contribution is 2.20. The van der Waals surface area contributed by atoms with E-state index in [0.29, 0.717) is 6.04 Å². The van der Waals surface area contributed by atoms with Crippen LogP contribution in [0.2, 0.25) is 0 Å². The normalized spacial score (nSPS) is 24.2. The first kappa shape index (κ1) is 7.83. The molecule has 0 saturated carbocycles. The minimum absolute atomic E-state index is 0.317. The van der Waals surface area contributed by atoms with Gasteiger partial charge in [0.05, 0.1) is 25.5 Å². The fourth-order valence-corrected chi connectivity index (χ4v) is 1.52. The average Bonchev–Trinajstić information content (AvgIpc) is 2.53. The van der Waals surface area contributed by atoms with Gasteiger partial charge >= 0.3 is 0 Å². The van der Waals surface area contributed by atoms with Crippen LogP contribution in [0, 0.1) is 6.92 Å². The Kier molecular flexibility index (Phi) is 2.15. The lowest BCUT2D eigenvalue weighted by atomic mass is 10.1. The molecule has 0 amide bonds. The summed E-state index contributed by atoms with van der Waals surface area (Å²) >= 11 is 0. The molecule has 1 fully saturated rings. The Balaban J connectivity index is 2.13. The zero-order valence-electron chi connectivity index (χ0n) is 7.17. The van der Waals surface area contributed by atoms with Crippen molar-refractivity contribution in [1.29, 1.82) is 0 Å². The van der Waals surface area contributed by atoms with Crippen LogP contribution in [0.15, 0.2) is 16.7 Å². The van der Waals surface area contributed by atoms with Crippen molar-refractivity contribution in [3.8, 4) is 0 Å². The lowest BCUT2D eigenvalue weighted by Gasteiger charge is -2.23. The zero-order chi connectivity index (χ0) is 8.39. The molecular weight excluding hydrogens is 154 g/mol. The molecule has 3 heteroatoms. The number of furan rings is 1. The van der Waals surface area contributed by atoms with Crippen molar-refractivity contribution in [2.75, 3.05) is 19.8 Å². The molecule has 2 heterocycles. The van der Waals surface area contributed by atoms with Crippen molar-refractivity contribution in [3.63, 3.8) is 0 Å². The summed E-state index contributed by atoms with van der Waals surface area (Å²) in [5, 5.41) is 3.38. The van der Waals surface area contributed by atoms with Crippen molar-refractivity contribution >= 4 is 0 Å². The molecule has 3 nitrogen and oxygen atoms in total. The highest BCUT2D eigenvalue weighted by atomic mass is 16.5. The van der Waals surface area contributed by atoms with Crippen LogP contribution in [0.4, 0.5) is 0 Å². The van der Waals surface area contributed by atoms with Gasteiger partial charge in [-0.25, -0.2) is 0 Å². The van der Waals surface area contributed by atoms with E-state index in [1.165, 1.54) is 5.56 Å². The maximum absolute atomic E-state index is 5.36. The van der Waals surface area contributed by atoms with E-state index in [-0.39, 0.29) is 0 Å². The fraction of sp³-hybridized carbons (Fsp3) is 0.556. The molecule has 1 N–H and O–H groups in total. The van der Waals surface area contributed by atoms with Crippen LogP contribution >= 0.6 is 0 Å². The summed E-state index contributed by atoms with van der Waals surface area (Å²) in [5.74, 6) is 0.984. The number of aryl methyl sites for hydroxylation is 1. The molecule has 1 saturated heterocycles. The topological polar surface area (TPSA) is 34.4 Å². The standard InChI is InChI=1S/C9H13NO2/c1-7-8(2-4-12-7)9-6-11-5-3-10-9/h2,4,9-10H,3,5-6H2,1H3. The fourth-order valence-electron chi connectivity index (χ4n) is 1.52. The third-order valence-corrected chi connectivity index (χ3v) is 2.20. The van der Waals surface area contributed by atoms with E-state index < -0.39 is 0 Å². The van der Waals surface area contributed by atoms with Crippen LogP contribution in [0.5, 0.6) is 0 Å². The third-order valence-electron chi connectivity index (χ3n) is 2.20. The van der Waals surface area contributed by atoms with Gasteiger partial charge in [0.25, 0.3) is 0 Å². The highest BCUT2D eigenvalue weighted by Gasteiger charge is 2.17. The third kappa shape index (κ3) is 1.38. The van der Waals surface area contributed by atoms with Crippen LogP contribution in [0.3, 0.4) is 0 Å². The average molecular weight is 167 g/mol. The lowest BCUT2D eigenvalue weighted by Crippen LogP contribution is -2.34. The summed E-state index contributed by atoms with van der Waals surface area (Å²) in [4.78, 5) is 0. The molecule has 0 bridgehead atoms. The van der Waals surface area contributed by atoms with Gasteiger partial charge < -0.3 is 14.5 Å². The van der Waals surface area contributed by atoms with Crippen LogP contribution in [0.1, 0.15) is 17.4 Å². The van der Waals surface area contributed by atoms with Gasteiger partial charge in [-0.2, -0.15) is 0 Å². The van der Waals surface area contributed by atoms with Crippen molar-refractivity contribution in [1.82, 2.24) is 5.32 Å². The minimum atomic E-state index is 0.317. The predicted molar refractivity (Wildman–Crippen MR) is 45.0 cm³/mol. The molecule has 1 aliphatic rings. The first-order valence-electron chi connectivity index (χ1n) is 4.23. The van der Waals surface area contributed by atoms with Crippen molar-refractivity contribution < 1.29 is 9.15 Å². The summed E-state index contributed by atoms with van der Waals surface area (Å²) in [7, 11) is 0. The van der Waals surface area contributed by atoms with Gasteiger partial charge in [0.15, 0.2) is 0 Å². The zero-order valence-corrected chi connectivity index (χ0v) is 7.17. The number of rotatable bonds is 1. The summed E-state index contributed by atoms with van der Waals surface area (Å²) in [6.07, 6.45) is 1.72.